The molecule has 0 unspecified atom stereocenters. The normalized spacial score (nSPS) is 12.9. The van der Waals surface area contributed by atoms with Crippen molar-refractivity contribution in [1.82, 2.24) is 24.8 Å². The van der Waals surface area contributed by atoms with Crippen LogP contribution >= 0.6 is 34.4 Å². The molecule has 0 radical (unpaired) electrons. The van der Waals surface area contributed by atoms with Gasteiger partial charge in [0.15, 0.2) is 22.1 Å². The van der Waals surface area contributed by atoms with Crippen molar-refractivity contribution in [2.45, 2.75) is 43.3 Å². The van der Waals surface area contributed by atoms with E-state index in [4.69, 9.17) is 15.5 Å². The number of benzene rings is 1. The zero-order valence-corrected chi connectivity index (χ0v) is 19.8. The smallest absolute Gasteiger partial charge is 0.220 e. The lowest BCUT2D eigenvalue weighted by Gasteiger charge is -2.11. The number of anilines is 1. The summed E-state index contributed by atoms with van der Waals surface area (Å²) >= 11 is 3.88. The largest absolute Gasteiger partial charge is 0.493 e. The van der Waals surface area contributed by atoms with Crippen LogP contribution in [0.4, 0.5) is 5.82 Å². The minimum atomic E-state index is 0.0445. The summed E-state index contributed by atoms with van der Waals surface area (Å²) in [5.41, 5.74) is 8.51. The molecule has 8 nitrogen and oxygen atoms in total. The van der Waals surface area contributed by atoms with Gasteiger partial charge in [-0.1, -0.05) is 25.6 Å². The molecule has 1 amide bonds. The van der Waals surface area contributed by atoms with E-state index in [-0.39, 0.29) is 5.91 Å². The van der Waals surface area contributed by atoms with Crippen molar-refractivity contribution in [3.63, 3.8) is 0 Å². The van der Waals surface area contributed by atoms with E-state index < -0.39 is 0 Å². The number of hydrogen-bond donors (Lipinski definition) is 2. The molecule has 0 saturated heterocycles. The van der Waals surface area contributed by atoms with E-state index in [1.807, 2.05) is 18.4 Å². The minimum Gasteiger partial charge on any atom is -0.493 e. The highest BCUT2D eigenvalue weighted by molar-refractivity contribution is 14.1. The molecule has 3 aromatic rings. The van der Waals surface area contributed by atoms with Gasteiger partial charge in [-0.3, -0.25) is 4.79 Å². The lowest BCUT2D eigenvalue weighted by molar-refractivity contribution is -0.121. The van der Waals surface area contributed by atoms with Crippen molar-refractivity contribution < 1.29 is 9.53 Å². The lowest BCUT2D eigenvalue weighted by Crippen LogP contribution is -2.28. The molecule has 1 aliphatic rings. The van der Waals surface area contributed by atoms with Crippen molar-refractivity contribution in [3.05, 3.63) is 27.6 Å². The molecular weight excluding hydrogens is 515 g/mol. The summed E-state index contributed by atoms with van der Waals surface area (Å²) in [6.07, 6.45) is 2.89. The number of rotatable bonds is 7. The third-order valence-corrected chi connectivity index (χ3v) is 7.03. The number of fused-ring (bicyclic) bond motifs is 2. The van der Waals surface area contributed by atoms with Gasteiger partial charge >= 0.3 is 0 Å². The molecule has 1 aliphatic heterocycles. The predicted molar refractivity (Wildman–Crippen MR) is 125 cm³/mol. The van der Waals surface area contributed by atoms with E-state index in [9.17, 15) is 4.79 Å². The number of nitrogens with two attached hydrogens (primary N) is 1. The third-order valence-electron chi connectivity index (χ3n) is 4.72. The Morgan fingerprint density at radius 3 is 3.03 bits per heavy atom. The third kappa shape index (κ3) is 4.48. The van der Waals surface area contributed by atoms with Gasteiger partial charge < -0.3 is 20.4 Å². The Morgan fingerprint density at radius 1 is 1.40 bits per heavy atom. The number of aromatic nitrogens is 4. The fourth-order valence-electron chi connectivity index (χ4n) is 3.32. The number of amides is 1. The molecule has 158 valence electrons. The van der Waals surface area contributed by atoms with Crippen LogP contribution in [-0.4, -0.2) is 38.6 Å². The summed E-state index contributed by atoms with van der Waals surface area (Å²) in [5.74, 6) is 1.64. The molecule has 2 aromatic heterocycles. The van der Waals surface area contributed by atoms with Crippen LogP contribution in [0.25, 0.3) is 11.2 Å². The lowest BCUT2D eigenvalue weighted by atomic mass is 10.1. The molecule has 10 heteroatoms. The molecular formula is C20H23IN6O2S. The number of carbonyl (C=O) groups excluding carboxylic acids is 1. The first-order chi connectivity index (χ1) is 14.4. The van der Waals surface area contributed by atoms with Crippen molar-refractivity contribution >= 4 is 57.2 Å². The average Bonchev–Trinajstić information content (AvgIpc) is 3.27. The Morgan fingerprint density at radius 2 is 2.23 bits per heavy atom. The van der Waals surface area contributed by atoms with Crippen LogP contribution in [0.15, 0.2) is 28.5 Å². The van der Waals surface area contributed by atoms with Gasteiger partial charge in [-0.25, -0.2) is 15.0 Å². The topological polar surface area (TPSA) is 108 Å². The van der Waals surface area contributed by atoms with Crippen LogP contribution in [0.1, 0.15) is 25.8 Å². The maximum atomic E-state index is 12.0. The number of nitrogen functional groups attached to an aromatic ring is 1. The Balaban J connectivity index is 1.62. The number of nitrogens with one attached hydrogen (secondary N) is 1. The van der Waals surface area contributed by atoms with E-state index in [0.29, 0.717) is 42.4 Å². The molecule has 0 saturated carbocycles. The summed E-state index contributed by atoms with van der Waals surface area (Å²) in [7, 11) is 0. The first-order valence-corrected chi connectivity index (χ1v) is 11.7. The summed E-state index contributed by atoms with van der Waals surface area (Å²) in [6.45, 7) is 5.80. The molecule has 0 spiro atoms. The molecule has 0 atom stereocenters. The van der Waals surface area contributed by atoms with Gasteiger partial charge in [0.2, 0.25) is 5.91 Å². The molecule has 3 N–H and O–H groups in total. The molecule has 30 heavy (non-hydrogen) atoms. The van der Waals surface area contributed by atoms with Gasteiger partial charge in [0, 0.05) is 34.4 Å². The van der Waals surface area contributed by atoms with Crippen molar-refractivity contribution in [1.29, 1.82) is 0 Å². The Labute approximate surface area is 192 Å². The summed E-state index contributed by atoms with van der Waals surface area (Å²) < 4.78 is 8.86. The monoisotopic (exact) mass is 538 g/mol. The Bertz CT molecular complexity index is 1100. The number of imidazole rings is 1. The SMILES string of the molecule is CC(C)CC(=O)NCCn1c(Sc2cc3c(cc2I)CCO3)nc2c(N)ncnc21. The van der Waals surface area contributed by atoms with Crippen LogP contribution in [0.3, 0.4) is 0 Å². The fraction of sp³-hybridized carbons (Fsp3) is 0.400. The van der Waals surface area contributed by atoms with Crippen LogP contribution in [0.5, 0.6) is 5.75 Å². The molecule has 0 bridgehead atoms. The summed E-state index contributed by atoms with van der Waals surface area (Å²) in [4.78, 5) is 26.2. The number of halogens is 1. The van der Waals surface area contributed by atoms with Gasteiger partial charge in [0.25, 0.3) is 0 Å². The van der Waals surface area contributed by atoms with E-state index in [2.05, 4.69) is 50.0 Å². The zero-order chi connectivity index (χ0) is 21.3. The molecule has 1 aromatic carbocycles. The van der Waals surface area contributed by atoms with Crippen LogP contribution < -0.4 is 15.8 Å². The predicted octanol–water partition coefficient (Wildman–Crippen LogP) is 3.26. The molecule has 0 aliphatic carbocycles. The van der Waals surface area contributed by atoms with Crippen LogP contribution in [0.2, 0.25) is 0 Å². The van der Waals surface area contributed by atoms with Crippen molar-refractivity contribution in [2.75, 3.05) is 18.9 Å². The fourth-order valence-corrected chi connectivity index (χ4v) is 5.12. The second-order valence-corrected chi connectivity index (χ2v) is 9.69. The Hall–Kier alpha value is -2.08. The number of nitrogens with zero attached hydrogens (tertiary/aromatic N) is 4. The molecule has 4 rings (SSSR count). The second kappa shape index (κ2) is 8.96. The minimum absolute atomic E-state index is 0.0445. The van der Waals surface area contributed by atoms with Gasteiger partial charge in [0.05, 0.1) is 6.61 Å². The van der Waals surface area contributed by atoms with Crippen molar-refractivity contribution in [2.24, 2.45) is 5.92 Å². The average molecular weight is 538 g/mol. The first kappa shape index (κ1) is 21.2. The highest BCUT2D eigenvalue weighted by Gasteiger charge is 2.20. The van der Waals surface area contributed by atoms with E-state index in [0.717, 1.165) is 32.4 Å². The van der Waals surface area contributed by atoms with Crippen LogP contribution in [-0.2, 0) is 17.8 Å². The van der Waals surface area contributed by atoms with Gasteiger partial charge in [-0.05, 0) is 46.2 Å². The van der Waals surface area contributed by atoms with E-state index in [1.165, 1.54) is 23.7 Å². The highest BCUT2D eigenvalue weighted by Crippen LogP contribution is 2.38. The highest BCUT2D eigenvalue weighted by atomic mass is 127. The summed E-state index contributed by atoms with van der Waals surface area (Å²) in [5, 5.41) is 3.73. The number of ether oxygens (including phenoxy) is 1. The maximum absolute atomic E-state index is 12.0. The van der Waals surface area contributed by atoms with Gasteiger partial charge in [-0.15, -0.1) is 0 Å². The van der Waals surface area contributed by atoms with E-state index in [1.54, 1.807) is 0 Å². The van der Waals surface area contributed by atoms with Gasteiger partial charge in [0.1, 0.15) is 12.1 Å². The second-order valence-electron chi connectivity index (χ2n) is 7.52. The summed E-state index contributed by atoms with van der Waals surface area (Å²) in [6, 6.07) is 4.23. The first-order valence-electron chi connectivity index (χ1n) is 9.79. The number of hydrogen-bond acceptors (Lipinski definition) is 7. The maximum Gasteiger partial charge on any atom is 0.220 e. The zero-order valence-electron chi connectivity index (χ0n) is 16.8. The number of carbonyl (C=O) groups is 1. The molecule has 0 fully saturated rings. The quantitative estimate of drug-likeness (QED) is 0.445. The van der Waals surface area contributed by atoms with Crippen LogP contribution in [0, 0.1) is 9.49 Å². The Kier molecular flexibility index (Phi) is 6.32. The van der Waals surface area contributed by atoms with Crippen molar-refractivity contribution in [3.8, 4) is 5.75 Å². The standard InChI is InChI=1S/C20H23IN6O2S/c1-11(2)7-16(28)23-4-5-27-19-17(18(22)24-10-25-19)26-20(27)30-15-9-14-12(3-6-29-14)8-13(15)21/h8-11H,3-7H2,1-2H3,(H,23,28)(H2,22,24,25). The van der Waals surface area contributed by atoms with E-state index >= 15 is 0 Å². The van der Waals surface area contributed by atoms with Gasteiger partial charge in [-0.2, -0.15) is 0 Å². The molecule has 3 heterocycles.